The van der Waals surface area contributed by atoms with Gasteiger partial charge in [-0.3, -0.25) is 4.79 Å². The molecular formula is C15H14O2S2. The number of hydrogen-bond acceptors (Lipinski definition) is 3. The maximum atomic E-state index is 10.8. The van der Waals surface area contributed by atoms with Gasteiger partial charge in [0.05, 0.1) is 6.42 Å². The van der Waals surface area contributed by atoms with E-state index in [0.717, 1.165) is 15.4 Å². The molecule has 19 heavy (non-hydrogen) atoms. The van der Waals surface area contributed by atoms with Gasteiger partial charge in [-0.1, -0.05) is 30.0 Å². The highest BCUT2D eigenvalue weighted by molar-refractivity contribution is 7.99. The molecule has 0 radical (unpaired) electrons. The largest absolute Gasteiger partial charge is 0.481 e. The number of aliphatic carboxylic acids is 1. The van der Waals surface area contributed by atoms with E-state index in [9.17, 15) is 4.79 Å². The van der Waals surface area contributed by atoms with E-state index in [1.807, 2.05) is 30.5 Å². The first-order valence-electron chi connectivity index (χ1n) is 5.80. The van der Waals surface area contributed by atoms with Crippen molar-refractivity contribution in [3.05, 3.63) is 54.1 Å². The van der Waals surface area contributed by atoms with E-state index < -0.39 is 5.97 Å². The summed E-state index contributed by atoms with van der Waals surface area (Å²) in [5.74, 6) is -0.800. The Hall–Kier alpha value is -1.39. The molecule has 0 saturated heterocycles. The van der Waals surface area contributed by atoms with Crippen molar-refractivity contribution in [3.63, 3.8) is 0 Å². The summed E-state index contributed by atoms with van der Waals surface area (Å²) in [7, 11) is 0. The average Bonchev–Trinajstić information content (AvgIpc) is 2.41. The maximum Gasteiger partial charge on any atom is 0.307 e. The standard InChI is InChI=1S/C15H14O2S2/c1-18-12-6-8-13(9-7-12)19-14-5-3-2-4-11(14)10-15(16)17/h2-9H,10H2,1H3,(H,16,17). The van der Waals surface area contributed by atoms with Crippen LogP contribution in [0.1, 0.15) is 5.56 Å². The molecule has 2 rings (SSSR count). The van der Waals surface area contributed by atoms with Crippen molar-refractivity contribution in [2.75, 3.05) is 6.26 Å². The zero-order chi connectivity index (χ0) is 13.7. The lowest BCUT2D eigenvalue weighted by Crippen LogP contribution is -2.01. The fourth-order valence-corrected chi connectivity index (χ4v) is 3.04. The molecule has 2 aromatic carbocycles. The van der Waals surface area contributed by atoms with Crippen LogP contribution in [0, 0.1) is 0 Å². The Morgan fingerprint density at radius 3 is 2.32 bits per heavy atom. The minimum atomic E-state index is -0.800. The fraction of sp³-hybridized carbons (Fsp3) is 0.133. The van der Waals surface area contributed by atoms with Crippen LogP contribution >= 0.6 is 23.5 Å². The van der Waals surface area contributed by atoms with Crippen LogP contribution in [0.2, 0.25) is 0 Å². The van der Waals surface area contributed by atoms with E-state index >= 15 is 0 Å². The number of carbonyl (C=O) groups is 1. The molecule has 0 bridgehead atoms. The number of benzene rings is 2. The number of hydrogen-bond donors (Lipinski definition) is 1. The molecule has 0 aliphatic rings. The van der Waals surface area contributed by atoms with E-state index in [1.165, 1.54) is 4.90 Å². The SMILES string of the molecule is CSc1ccc(Sc2ccccc2CC(=O)O)cc1. The van der Waals surface area contributed by atoms with Crippen LogP contribution in [0.15, 0.2) is 63.2 Å². The molecule has 0 spiro atoms. The molecule has 98 valence electrons. The predicted octanol–water partition coefficient (Wildman–Crippen LogP) is 4.19. The summed E-state index contributed by atoms with van der Waals surface area (Å²) in [6.07, 6.45) is 2.11. The molecule has 2 aromatic rings. The molecule has 0 fully saturated rings. The molecule has 0 saturated carbocycles. The third-order valence-corrected chi connectivity index (χ3v) is 4.47. The van der Waals surface area contributed by atoms with Crippen LogP contribution < -0.4 is 0 Å². The second kappa shape index (κ2) is 6.68. The summed E-state index contributed by atoms with van der Waals surface area (Å²) < 4.78 is 0. The summed E-state index contributed by atoms with van der Waals surface area (Å²) in [6, 6.07) is 15.9. The minimum Gasteiger partial charge on any atom is -0.481 e. The topological polar surface area (TPSA) is 37.3 Å². The summed E-state index contributed by atoms with van der Waals surface area (Å²) in [5.41, 5.74) is 0.856. The highest BCUT2D eigenvalue weighted by Crippen LogP contribution is 2.31. The van der Waals surface area contributed by atoms with Crippen molar-refractivity contribution in [2.45, 2.75) is 21.1 Å². The summed E-state index contributed by atoms with van der Waals surface area (Å²) in [6.45, 7) is 0. The number of carboxylic acid groups (broad SMARTS) is 1. The zero-order valence-electron chi connectivity index (χ0n) is 10.5. The second-order valence-electron chi connectivity index (χ2n) is 3.96. The van der Waals surface area contributed by atoms with Crippen molar-refractivity contribution in [1.82, 2.24) is 0 Å². The van der Waals surface area contributed by atoms with Gasteiger partial charge in [0.25, 0.3) is 0 Å². The maximum absolute atomic E-state index is 10.8. The van der Waals surface area contributed by atoms with Gasteiger partial charge in [-0.2, -0.15) is 0 Å². The smallest absolute Gasteiger partial charge is 0.307 e. The molecule has 0 aliphatic carbocycles. The van der Waals surface area contributed by atoms with E-state index in [-0.39, 0.29) is 6.42 Å². The molecule has 0 unspecified atom stereocenters. The molecule has 0 aromatic heterocycles. The van der Waals surface area contributed by atoms with Gasteiger partial charge in [0.1, 0.15) is 0 Å². The average molecular weight is 290 g/mol. The Kier molecular flexibility index (Phi) is 4.93. The van der Waals surface area contributed by atoms with E-state index in [1.54, 1.807) is 23.5 Å². The Balaban J connectivity index is 2.19. The third kappa shape index (κ3) is 4.04. The van der Waals surface area contributed by atoms with Crippen molar-refractivity contribution in [3.8, 4) is 0 Å². The van der Waals surface area contributed by atoms with Crippen molar-refractivity contribution >= 4 is 29.5 Å². The first-order valence-corrected chi connectivity index (χ1v) is 7.85. The Labute approximate surface area is 121 Å². The Morgan fingerprint density at radius 1 is 1.05 bits per heavy atom. The third-order valence-electron chi connectivity index (χ3n) is 2.60. The van der Waals surface area contributed by atoms with Gasteiger partial charge < -0.3 is 5.11 Å². The van der Waals surface area contributed by atoms with Gasteiger partial charge in [0, 0.05) is 14.7 Å². The highest BCUT2D eigenvalue weighted by atomic mass is 32.2. The molecule has 0 atom stereocenters. The summed E-state index contributed by atoms with van der Waals surface area (Å²) in [4.78, 5) is 14.2. The lowest BCUT2D eigenvalue weighted by Gasteiger charge is -2.07. The van der Waals surface area contributed by atoms with Crippen molar-refractivity contribution in [2.24, 2.45) is 0 Å². The van der Waals surface area contributed by atoms with Gasteiger partial charge in [-0.25, -0.2) is 0 Å². The highest BCUT2D eigenvalue weighted by Gasteiger charge is 2.07. The van der Waals surface area contributed by atoms with Crippen LogP contribution in [0.3, 0.4) is 0 Å². The van der Waals surface area contributed by atoms with Gasteiger partial charge in [-0.05, 0) is 42.2 Å². The Bertz CT molecular complexity index is 565. The molecule has 0 aliphatic heterocycles. The number of carboxylic acids is 1. The van der Waals surface area contributed by atoms with E-state index in [0.29, 0.717) is 0 Å². The molecule has 4 heteroatoms. The monoisotopic (exact) mass is 290 g/mol. The van der Waals surface area contributed by atoms with Crippen LogP contribution in [-0.2, 0) is 11.2 Å². The van der Waals surface area contributed by atoms with Crippen molar-refractivity contribution < 1.29 is 9.90 Å². The first-order chi connectivity index (χ1) is 9.19. The second-order valence-corrected chi connectivity index (χ2v) is 5.95. The van der Waals surface area contributed by atoms with Crippen LogP contribution in [0.25, 0.3) is 0 Å². The van der Waals surface area contributed by atoms with Gasteiger partial charge in [0.15, 0.2) is 0 Å². The van der Waals surface area contributed by atoms with Gasteiger partial charge in [0.2, 0.25) is 0 Å². The lowest BCUT2D eigenvalue weighted by molar-refractivity contribution is -0.136. The molecule has 1 N–H and O–H groups in total. The van der Waals surface area contributed by atoms with Gasteiger partial charge in [-0.15, -0.1) is 11.8 Å². The minimum absolute atomic E-state index is 0.0616. The zero-order valence-corrected chi connectivity index (χ0v) is 12.1. The van der Waals surface area contributed by atoms with Crippen LogP contribution in [-0.4, -0.2) is 17.3 Å². The summed E-state index contributed by atoms with van der Waals surface area (Å²) >= 11 is 3.31. The molecule has 0 amide bonds. The normalized spacial score (nSPS) is 10.4. The molecular weight excluding hydrogens is 276 g/mol. The van der Waals surface area contributed by atoms with Crippen LogP contribution in [0.4, 0.5) is 0 Å². The number of rotatable bonds is 5. The predicted molar refractivity (Wildman–Crippen MR) is 80.1 cm³/mol. The Morgan fingerprint density at radius 2 is 1.68 bits per heavy atom. The first kappa shape index (κ1) is 14.0. The number of thioether (sulfide) groups is 1. The van der Waals surface area contributed by atoms with E-state index in [2.05, 4.69) is 24.3 Å². The fourth-order valence-electron chi connectivity index (χ4n) is 1.68. The van der Waals surface area contributed by atoms with Gasteiger partial charge >= 0.3 is 5.97 Å². The van der Waals surface area contributed by atoms with E-state index in [4.69, 9.17) is 5.11 Å². The quantitative estimate of drug-likeness (QED) is 0.838. The lowest BCUT2D eigenvalue weighted by atomic mass is 10.1. The molecule has 0 heterocycles. The van der Waals surface area contributed by atoms with Crippen LogP contribution in [0.5, 0.6) is 0 Å². The summed E-state index contributed by atoms with van der Waals surface area (Å²) in [5, 5.41) is 8.91. The van der Waals surface area contributed by atoms with Crippen molar-refractivity contribution in [1.29, 1.82) is 0 Å². The molecule has 2 nitrogen and oxygen atoms in total.